The number of hydrogen-bond donors (Lipinski definition) is 0. The van der Waals surface area contributed by atoms with Crippen LogP contribution in [-0.4, -0.2) is 79.6 Å². The van der Waals surface area contributed by atoms with Crippen LogP contribution >= 0.6 is 0 Å². The van der Waals surface area contributed by atoms with Crippen LogP contribution < -0.4 is 4.90 Å². The molecular weight excluding hydrogens is 300 g/mol. The predicted molar refractivity (Wildman–Crippen MR) is 98.7 cm³/mol. The Hall–Kier alpha value is -1.75. The van der Waals surface area contributed by atoms with Crippen molar-refractivity contribution in [3.8, 4) is 0 Å². The van der Waals surface area contributed by atoms with Crippen molar-refractivity contribution in [3.05, 3.63) is 29.8 Å². The van der Waals surface area contributed by atoms with Crippen LogP contribution in [0.2, 0.25) is 0 Å². The summed E-state index contributed by atoms with van der Waals surface area (Å²) in [5, 5.41) is 0. The fourth-order valence-corrected chi connectivity index (χ4v) is 3.76. The molecule has 0 aromatic heterocycles. The van der Waals surface area contributed by atoms with Gasteiger partial charge in [-0.25, -0.2) is 4.79 Å². The lowest BCUT2D eigenvalue weighted by atomic mass is 10.2. The molecule has 1 aromatic rings. The third-order valence-electron chi connectivity index (χ3n) is 5.35. The van der Waals surface area contributed by atoms with Gasteiger partial charge in [0.15, 0.2) is 0 Å². The van der Waals surface area contributed by atoms with Gasteiger partial charge in [0.2, 0.25) is 0 Å². The van der Waals surface area contributed by atoms with Crippen molar-refractivity contribution >= 4 is 11.7 Å². The van der Waals surface area contributed by atoms with Crippen molar-refractivity contribution in [1.29, 1.82) is 0 Å². The van der Waals surface area contributed by atoms with E-state index < -0.39 is 0 Å². The van der Waals surface area contributed by atoms with E-state index in [2.05, 4.69) is 34.1 Å². The monoisotopic (exact) mass is 330 g/mol. The Morgan fingerprint density at radius 2 is 1.71 bits per heavy atom. The summed E-state index contributed by atoms with van der Waals surface area (Å²) in [5.74, 6) is 0. The number of carbonyl (C=O) groups is 1. The summed E-state index contributed by atoms with van der Waals surface area (Å²) in [5.41, 5.74) is 2.89. The van der Waals surface area contributed by atoms with Crippen LogP contribution in [0.4, 0.5) is 10.5 Å². The molecule has 5 nitrogen and oxygen atoms in total. The van der Waals surface area contributed by atoms with Crippen LogP contribution in [0.5, 0.6) is 0 Å². The molecular formula is C19H30N4O. The summed E-state index contributed by atoms with van der Waals surface area (Å²) in [6.45, 7) is 12.7. The van der Waals surface area contributed by atoms with E-state index in [0.29, 0.717) is 0 Å². The third kappa shape index (κ3) is 3.66. The van der Waals surface area contributed by atoms with Crippen LogP contribution in [0, 0.1) is 0 Å². The number of urea groups is 1. The first-order valence-electron chi connectivity index (χ1n) is 9.32. The topological polar surface area (TPSA) is 30.0 Å². The summed E-state index contributed by atoms with van der Waals surface area (Å²) in [7, 11) is 0. The lowest BCUT2D eigenvalue weighted by Gasteiger charge is -2.37. The number of carbonyl (C=O) groups excluding carboxylic acids is 1. The second-order valence-corrected chi connectivity index (χ2v) is 6.65. The van der Waals surface area contributed by atoms with Gasteiger partial charge < -0.3 is 14.7 Å². The van der Waals surface area contributed by atoms with E-state index in [1.165, 1.54) is 17.7 Å². The first kappa shape index (κ1) is 17.1. The molecule has 0 N–H and O–H groups in total. The lowest BCUT2D eigenvalue weighted by Crippen LogP contribution is -2.53. The second kappa shape index (κ2) is 7.88. The highest BCUT2D eigenvalue weighted by molar-refractivity contribution is 5.74. The van der Waals surface area contributed by atoms with E-state index >= 15 is 0 Å². The highest BCUT2D eigenvalue weighted by Crippen LogP contribution is 2.26. The molecule has 5 heteroatoms. The van der Waals surface area contributed by atoms with Crippen molar-refractivity contribution in [2.24, 2.45) is 0 Å². The van der Waals surface area contributed by atoms with Gasteiger partial charge in [-0.05, 0) is 31.9 Å². The van der Waals surface area contributed by atoms with Gasteiger partial charge in [-0.15, -0.1) is 0 Å². The average Bonchev–Trinajstić information content (AvgIpc) is 3.04. The van der Waals surface area contributed by atoms with Crippen LogP contribution in [0.25, 0.3) is 0 Å². The minimum Gasteiger partial charge on any atom is -0.370 e. The standard InChI is InChI=1S/C19H30N4O/c1-3-21(4-2)19(24)23-15-12-20(13-16-23)11-14-22-10-9-17-7-5-6-8-18(17)22/h5-8H,3-4,9-16H2,1-2H3. The van der Waals surface area contributed by atoms with Crippen molar-refractivity contribution < 1.29 is 4.79 Å². The van der Waals surface area contributed by atoms with Crippen molar-refractivity contribution in [2.75, 3.05) is 63.8 Å². The van der Waals surface area contributed by atoms with Crippen molar-refractivity contribution in [3.63, 3.8) is 0 Å². The van der Waals surface area contributed by atoms with Crippen LogP contribution in [0.3, 0.4) is 0 Å². The van der Waals surface area contributed by atoms with Gasteiger partial charge in [0.1, 0.15) is 0 Å². The quantitative estimate of drug-likeness (QED) is 0.828. The third-order valence-corrected chi connectivity index (χ3v) is 5.35. The Balaban J connectivity index is 1.44. The van der Waals surface area contributed by atoms with Crippen LogP contribution in [0.15, 0.2) is 24.3 Å². The van der Waals surface area contributed by atoms with Gasteiger partial charge in [-0.3, -0.25) is 4.90 Å². The van der Waals surface area contributed by atoms with Gasteiger partial charge in [0.05, 0.1) is 0 Å². The molecule has 0 atom stereocenters. The molecule has 1 saturated heterocycles. The number of nitrogens with zero attached hydrogens (tertiary/aromatic N) is 4. The number of hydrogen-bond acceptors (Lipinski definition) is 3. The van der Waals surface area contributed by atoms with Gasteiger partial charge in [-0.1, -0.05) is 18.2 Å². The summed E-state index contributed by atoms with van der Waals surface area (Å²) in [6.07, 6.45) is 1.17. The van der Waals surface area contributed by atoms with Crippen LogP contribution in [-0.2, 0) is 6.42 Å². The Labute approximate surface area is 145 Å². The molecule has 0 saturated carbocycles. The molecule has 0 radical (unpaired) electrons. The normalized spacial score (nSPS) is 17.9. The fourth-order valence-electron chi connectivity index (χ4n) is 3.76. The van der Waals surface area contributed by atoms with Crippen LogP contribution in [0.1, 0.15) is 19.4 Å². The summed E-state index contributed by atoms with van der Waals surface area (Å²) >= 11 is 0. The molecule has 2 aliphatic heterocycles. The molecule has 132 valence electrons. The highest BCUT2D eigenvalue weighted by atomic mass is 16.2. The number of rotatable bonds is 5. The first-order valence-corrected chi connectivity index (χ1v) is 9.32. The molecule has 1 fully saturated rings. The Morgan fingerprint density at radius 1 is 1.00 bits per heavy atom. The van der Waals surface area contributed by atoms with E-state index in [9.17, 15) is 4.79 Å². The zero-order chi connectivity index (χ0) is 16.9. The van der Waals surface area contributed by atoms with E-state index in [1.54, 1.807) is 0 Å². The minimum atomic E-state index is 0.202. The smallest absolute Gasteiger partial charge is 0.320 e. The van der Waals surface area contributed by atoms with Gasteiger partial charge in [-0.2, -0.15) is 0 Å². The molecule has 1 aromatic carbocycles. The summed E-state index contributed by atoms with van der Waals surface area (Å²) < 4.78 is 0. The largest absolute Gasteiger partial charge is 0.370 e. The molecule has 0 spiro atoms. The van der Waals surface area contributed by atoms with Gasteiger partial charge in [0, 0.05) is 64.6 Å². The number of anilines is 1. The molecule has 0 aliphatic carbocycles. The summed E-state index contributed by atoms with van der Waals surface area (Å²) in [6, 6.07) is 8.95. The zero-order valence-corrected chi connectivity index (χ0v) is 15.1. The number of benzene rings is 1. The maximum atomic E-state index is 12.4. The fraction of sp³-hybridized carbons (Fsp3) is 0.632. The Morgan fingerprint density at radius 3 is 2.42 bits per heavy atom. The molecule has 3 rings (SSSR count). The molecule has 2 amide bonds. The minimum absolute atomic E-state index is 0.202. The Bertz CT molecular complexity index is 550. The van der Waals surface area contributed by atoms with E-state index in [0.717, 1.165) is 58.9 Å². The van der Waals surface area contributed by atoms with E-state index in [1.807, 2.05) is 23.6 Å². The first-order chi connectivity index (χ1) is 11.7. The van der Waals surface area contributed by atoms with E-state index in [-0.39, 0.29) is 6.03 Å². The molecule has 2 aliphatic rings. The predicted octanol–water partition coefficient (Wildman–Crippen LogP) is 2.13. The molecule has 0 unspecified atom stereocenters. The number of fused-ring (bicyclic) bond motifs is 1. The number of piperazine rings is 1. The highest BCUT2D eigenvalue weighted by Gasteiger charge is 2.25. The molecule has 0 bridgehead atoms. The number of para-hydroxylation sites is 1. The molecule has 24 heavy (non-hydrogen) atoms. The SMILES string of the molecule is CCN(CC)C(=O)N1CCN(CCN2CCc3ccccc32)CC1. The maximum Gasteiger partial charge on any atom is 0.320 e. The average molecular weight is 330 g/mol. The number of amides is 2. The lowest BCUT2D eigenvalue weighted by molar-refractivity contribution is 0.116. The van der Waals surface area contributed by atoms with E-state index in [4.69, 9.17) is 0 Å². The van der Waals surface area contributed by atoms with Gasteiger partial charge in [0.25, 0.3) is 0 Å². The van der Waals surface area contributed by atoms with Crippen molar-refractivity contribution in [2.45, 2.75) is 20.3 Å². The Kier molecular flexibility index (Phi) is 5.61. The second-order valence-electron chi connectivity index (χ2n) is 6.65. The molecule has 2 heterocycles. The van der Waals surface area contributed by atoms with Crippen molar-refractivity contribution in [1.82, 2.24) is 14.7 Å². The zero-order valence-electron chi connectivity index (χ0n) is 15.1. The summed E-state index contributed by atoms with van der Waals surface area (Å²) in [4.78, 5) is 21.3. The maximum absolute atomic E-state index is 12.4. The van der Waals surface area contributed by atoms with Gasteiger partial charge >= 0.3 is 6.03 Å².